The van der Waals surface area contributed by atoms with Crippen molar-refractivity contribution in [3.05, 3.63) is 0 Å². The standard InChI is InChI=1S/C12H22N2O5S/c1-8-6-14(7-9(2)19-8)20(17,18)13-11-4-3-10(5-11)12(15)16/h8-11,13H,3-7H2,1-2H3,(H,15,16)/t8?,9?,10-,11+/m1/s1. The molecule has 8 heteroatoms. The van der Waals surface area contributed by atoms with E-state index in [4.69, 9.17) is 9.84 Å². The predicted octanol–water partition coefficient (Wildman–Crippen LogP) is 0.183. The molecule has 2 N–H and O–H groups in total. The van der Waals surface area contributed by atoms with Crippen molar-refractivity contribution in [3.8, 4) is 0 Å². The number of ether oxygens (including phenoxy) is 1. The van der Waals surface area contributed by atoms with E-state index in [1.54, 1.807) is 0 Å². The first-order chi connectivity index (χ1) is 9.28. The number of nitrogens with zero attached hydrogens (tertiary/aromatic N) is 1. The van der Waals surface area contributed by atoms with Gasteiger partial charge in [0.05, 0.1) is 18.1 Å². The summed E-state index contributed by atoms with van der Waals surface area (Å²) in [6.45, 7) is 4.34. The van der Waals surface area contributed by atoms with Gasteiger partial charge in [0.25, 0.3) is 10.2 Å². The maximum atomic E-state index is 12.3. The lowest BCUT2D eigenvalue weighted by Crippen LogP contribution is -2.53. The zero-order valence-electron chi connectivity index (χ0n) is 11.8. The van der Waals surface area contributed by atoms with Gasteiger partial charge in [0.1, 0.15) is 0 Å². The van der Waals surface area contributed by atoms with Gasteiger partial charge in [0.2, 0.25) is 0 Å². The number of nitrogens with one attached hydrogen (secondary N) is 1. The third kappa shape index (κ3) is 3.69. The number of aliphatic carboxylic acids is 1. The molecule has 2 aliphatic rings. The number of hydrogen-bond acceptors (Lipinski definition) is 4. The fourth-order valence-corrected chi connectivity index (χ4v) is 4.52. The number of morpholine rings is 1. The average molecular weight is 306 g/mol. The van der Waals surface area contributed by atoms with Crippen molar-refractivity contribution in [2.24, 2.45) is 5.92 Å². The molecule has 1 heterocycles. The third-order valence-electron chi connectivity index (χ3n) is 3.82. The van der Waals surface area contributed by atoms with Crippen LogP contribution in [-0.2, 0) is 19.7 Å². The Kier molecular flexibility index (Phi) is 4.68. The van der Waals surface area contributed by atoms with Gasteiger partial charge < -0.3 is 9.84 Å². The van der Waals surface area contributed by atoms with Crippen molar-refractivity contribution in [1.29, 1.82) is 0 Å². The maximum absolute atomic E-state index is 12.3. The van der Waals surface area contributed by atoms with Crippen molar-refractivity contribution in [2.45, 2.75) is 51.4 Å². The average Bonchev–Trinajstić information content (AvgIpc) is 2.75. The first-order valence-electron chi connectivity index (χ1n) is 6.93. The van der Waals surface area contributed by atoms with Crippen molar-refractivity contribution >= 4 is 16.2 Å². The summed E-state index contributed by atoms with van der Waals surface area (Å²) in [7, 11) is -3.57. The maximum Gasteiger partial charge on any atom is 0.306 e. The summed E-state index contributed by atoms with van der Waals surface area (Å²) in [6.07, 6.45) is 1.20. The van der Waals surface area contributed by atoms with E-state index in [-0.39, 0.29) is 18.2 Å². The van der Waals surface area contributed by atoms with Gasteiger partial charge in [0.15, 0.2) is 0 Å². The minimum Gasteiger partial charge on any atom is -0.481 e. The fourth-order valence-electron chi connectivity index (χ4n) is 2.92. The Morgan fingerprint density at radius 3 is 2.35 bits per heavy atom. The molecule has 2 unspecified atom stereocenters. The van der Waals surface area contributed by atoms with Crippen LogP contribution in [0.25, 0.3) is 0 Å². The van der Waals surface area contributed by atoms with Crippen molar-refractivity contribution in [3.63, 3.8) is 0 Å². The summed E-state index contributed by atoms with van der Waals surface area (Å²) in [5.41, 5.74) is 0. The minimum absolute atomic E-state index is 0.134. The second-order valence-corrected chi connectivity index (χ2v) is 7.44. The summed E-state index contributed by atoms with van der Waals surface area (Å²) in [4.78, 5) is 10.9. The van der Waals surface area contributed by atoms with Crippen LogP contribution < -0.4 is 4.72 Å². The normalized spacial score (nSPS) is 36.1. The van der Waals surface area contributed by atoms with Gasteiger partial charge in [-0.3, -0.25) is 4.79 Å². The van der Waals surface area contributed by atoms with Crippen molar-refractivity contribution in [1.82, 2.24) is 9.03 Å². The Hall–Kier alpha value is -0.700. The van der Waals surface area contributed by atoms with Gasteiger partial charge in [0, 0.05) is 19.1 Å². The molecule has 116 valence electrons. The Labute approximate surface area is 119 Å². The molecule has 4 atom stereocenters. The zero-order chi connectivity index (χ0) is 14.9. The molecule has 0 amide bonds. The Balaban J connectivity index is 1.96. The lowest BCUT2D eigenvalue weighted by molar-refractivity contribution is -0.141. The fraction of sp³-hybridized carbons (Fsp3) is 0.917. The van der Waals surface area contributed by atoms with E-state index < -0.39 is 22.1 Å². The number of hydrogen-bond donors (Lipinski definition) is 2. The molecule has 2 fully saturated rings. The van der Waals surface area contributed by atoms with Gasteiger partial charge in [-0.1, -0.05) is 0 Å². The van der Waals surface area contributed by atoms with Crippen molar-refractivity contribution in [2.75, 3.05) is 13.1 Å². The molecule has 0 radical (unpaired) electrons. The van der Waals surface area contributed by atoms with E-state index in [9.17, 15) is 13.2 Å². The zero-order valence-corrected chi connectivity index (χ0v) is 12.6. The molecule has 20 heavy (non-hydrogen) atoms. The van der Waals surface area contributed by atoms with E-state index in [0.717, 1.165) is 0 Å². The summed E-state index contributed by atoms with van der Waals surface area (Å²) < 4.78 is 34.2. The van der Waals surface area contributed by atoms with E-state index in [0.29, 0.717) is 32.4 Å². The molecule has 0 aromatic heterocycles. The van der Waals surface area contributed by atoms with E-state index in [1.807, 2.05) is 13.8 Å². The highest BCUT2D eigenvalue weighted by Crippen LogP contribution is 2.26. The second kappa shape index (κ2) is 5.97. The number of carbonyl (C=O) groups is 1. The predicted molar refractivity (Wildman–Crippen MR) is 72.4 cm³/mol. The largest absolute Gasteiger partial charge is 0.481 e. The molecular weight excluding hydrogens is 284 g/mol. The summed E-state index contributed by atoms with van der Waals surface area (Å²) in [5.74, 6) is -1.29. The first-order valence-corrected chi connectivity index (χ1v) is 8.37. The van der Waals surface area contributed by atoms with Gasteiger partial charge >= 0.3 is 5.97 Å². The van der Waals surface area contributed by atoms with Crippen LogP contribution in [-0.4, -0.2) is 55.1 Å². The molecule has 0 bridgehead atoms. The van der Waals surface area contributed by atoms with E-state index >= 15 is 0 Å². The van der Waals surface area contributed by atoms with Gasteiger partial charge in [-0.25, -0.2) is 0 Å². The molecule has 1 aliphatic carbocycles. The van der Waals surface area contributed by atoms with Crippen LogP contribution in [0.15, 0.2) is 0 Å². The number of rotatable bonds is 4. The number of carboxylic acids is 1. The summed E-state index contributed by atoms with van der Waals surface area (Å²) >= 11 is 0. The Morgan fingerprint density at radius 1 is 1.25 bits per heavy atom. The quantitative estimate of drug-likeness (QED) is 0.772. The Bertz CT molecular complexity index is 456. The molecular formula is C12H22N2O5S. The molecule has 1 saturated heterocycles. The van der Waals surface area contributed by atoms with Gasteiger partial charge in [-0.2, -0.15) is 17.4 Å². The van der Waals surface area contributed by atoms with E-state index in [1.165, 1.54) is 4.31 Å². The molecule has 0 aromatic rings. The highest BCUT2D eigenvalue weighted by atomic mass is 32.2. The van der Waals surface area contributed by atoms with Crippen molar-refractivity contribution < 1.29 is 23.1 Å². The minimum atomic E-state index is -3.57. The van der Waals surface area contributed by atoms with Crippen LogP contribution in [0.2, 0.25) is 0 Å². The van der Waals surface area contributed by atoms with Crippen LogP contribution in [0.4, 0.5) is 0 Å². The van der Waals surface area contributed by atoms with Crippen LogP contribution in [0.1, 0.15) is 33.1 Å². The lowest BCUT2D eigenvalue weighted by Gasteiger charge is -2.35. The van der Waals surface area contributed by atoms with Crippen LogP contribution in [0.3, 0.4) is 0 Å². The summed E-state index contributed by atoms with van der Waals surface area (Å²) in [6, 6.07) is -0.283. The lowest BCUT2D eigenvalue weighted by atomic mass is 10.1. The molecule has 1 aliphatic heterocycles. The van der Waals surface area contributed by atoms with Crippen LogP contribution in [0, 0.1) is 5.92 Å². The van der Waals surface area contributed by atoms with Gasteiger partial charge in [-0.15, -0.1) is 0 Å². The first kappa shape index (κ1) is 15.7. The smallest absolute Gasteiger partial charge is 0.306 e. The van der Waals surface area contributed by atoms with E-state index in [2.05, 4.69) is 4.72 Å². The SMILES string of the molecule is CC1CN(S(=O)(=O)N[C@H]2CC[C@@H](C(=O)O)C2)CC(C)O1. The topological polar surface area (TPSA) is 95.9 Å². The second-order valence-electron chi connectivity index (χ2n) is 5.74. The molecule has 0 aromatic carbocycles. The third-order valence-corrected chi connectivity index (χ3v) is 5.43. The highest BCUT2D eigenvalue weighted by molar-refractivity contribution is 7.87. The van der Waals surface area contributed by atoms with Crippen LogP contribution in [0.5, 0.6) is 0 Å². The molecule has 1 saturated carbocycles. The van der Waals surface area contributed by atoms with Gasteiger partial charge in [-0.05, 0) is 33.1 Å². The highest BCUT2D eigenvalue weighted by Gasteiger charge is 2.36. The Morgan fingerprint density at radius 2 is 1.85 bits per heavy atom. The molecule has 7 nitrogen and oxygen atoms in total. The number of carboxylic acid groups (broad SMARTS) is 1. The molecule has 0 spiro atoms. The van der Waals surface area contributed by atoms with Crippen LogP contribution >= 0.6 is 0 Å². The molecule has 2 rings (SSSR count). The monoisotopic (exact) mass is 306 g/mol. The summed E-state index contributed by atoms with van der Waals surface area (Å²) in [5, 5.41) is 8.94.